The van der Waals surface area contributed by atoms with E-state index in [2.05, 4.69) is 9.72 Å². The number of rotatable bonds is 2. The zero-order valence-corrected chi connectivity index (χ0v) is 9.91. The second-order valence-electron chi connectivity index (χ2n) is 3.82. The molecule has 6 heteroatoms. The average molecular weight is 269 g/mol. The highest BCUT2D eigenvalue weighted by atomic mass is 19.4. The molecule has 0 bridgehead atoms. The van der Waals surface area contributed by atoms with Crippen LogP contribution >= 0.6 is 0 Å². The number of methoxy groups -OCH3 is 1. The summed E-state index contributed by atoms with van der Waals surface area (Å²) in [6.45, 7) is 0. The molecule has 0 unspecified atom stereocenters. The van der Waals surface area contributed by atoms with Gasteiger partial charge in [-0.25, -0.2) is 0 Å². The average Bonchev–Trinajstić information content (AvgIpc) is 2.37. The van der Waals surface area contributed by atoms with E-state index in [1.165, 1.54) is 0 Å². The number of alkyl halides is 3. The van der Waals surface area contributed by atoms with Crippen LogP contribution < -0.4 is 10.2 Å². The summed E-state index contributed by atoms with van der Waals surface area (Å²) in [7, 11) is 1.03. The molecule has 1 N–H and O–H groups in total. The van der Waals surface area contributed by atoms with Crippen LogP contribution in [0.5, 0.6) is 5.75 Å². The minimum Gasteiger partial charge on any atom is -0.491 e. The van der Waals surface area contributed by atoms with Crippen molar-refractivity contribution in [3.05, 3.63) is 52.3 Å². The summed E-state index contributed by atoms with van der Waals surface area (Å²) in [4.78, 5) is 13.9. The summed E-state index contributed by atoms with van der Waals surface area (Å²) in [5.41, 5.74) is -1.40. The maximum absolute atomic E-state index is 12.9. The van der Waals surface area contributed by atoms with Gasteiger partial charge in [0.25, 0.3) is 0 Å². The van der Waals surface area contributed by atoms with Gasteiger partial charge in [-0.2, -0.15) is 13.2 Å². The highest BCUT2D eigenvalue weighted by Gasteiger charge is 2.37. The van der Waals surface area contributed by atoms with Crippen LogP contribution in [0.2, 0.25) is 0 Å². The number of hydrogen-bond acceptors (Lipinski definition) is 2. The SMILES string of the molecule is COc1c(C(F)(F)F)[nH]c(-c2ccccc2)cc1=O. The molecular formula is C13H10F3NO2. The number of aromatic amines is 1. The minimum absolute atomic E-state index is 0.0960. The first-order valence-corrected chi connectivity index (χ1v) is 5.37. The second kappa shape index (κ2) is 4.79. The van der Waals surface area contributed by atoms with E-state index < -0.39 is 23.0 Å². The zero-order chi connectivity index (χ0) is 14.0. The van der Waals surface area contributed by atoms with Gasteiger partial charge in [0, 0.05) is 11.8 Å². The third-order valence-electron chi connectivity index (χ3n) is 2.56. The van der Waals surface area contributed by atoms with Crippen LogP contribution in [0.1, 0.15) is 5.69 Å². The van der Waals surface area contributed by atoms with Gasteiger partial charge in [0.15, 0.2) is 11.4 Å². The Balaban J connectivity index is 2.68. The third-order valence-corrected chi connectivity index (χ3v) is 2.56. The quantitative estimate of drug-likeness (QED) is 0.910. The summed E-state index contributed by atoms with van der Waals surface area (Å²) in [6.07, 6.45) is -4.69. The molecule has 0 aliphatic rings. The van der Waals surface area contributed by atoms with Crippen LogP contribution in [0.15, 0.2) is 41.2 Å². The van der Waals surface area contributed by atoms with E-state index in [0.29, 0.717) is 5.56 Å². The monoisotopic (exact) mass is 269 g/mol. The molecule has 19 heavy (non-hydrogen) atoms. The maximum Gasteiger partial charge on any atom is 0.435 e. The summed E-state index contributed by atoms with van der Waals surface area (Å²) in [5.74, 6) is -0.729. The molecule has 0 aliphatic heterocycles. The van der Waals surface area contributed by atoms with Crippen molar-refractivity contribution in [2.24, 2.45) is 0 Å². The Kier molecular flexibility index (Phi) is 3.33. The van der Waals surface area contributed by atoms with Gasteiger partial charge < -0.3 is 9.72 Å². The summed E-state index contributed by atoms with van der Waals surface area (Å²) < 4.78 is 43.1. The molecule has 0 amide bonds. The molecule has 1 aromatic heterocycles. The first-order valence-electron chi connectivity index (χ1n) is 5.37. The number of H-pyrrole nitrogens is 1. The zero-order valence-electron chi connectivity index (χ0n) is 9.91. The minimum atomic E-state index is -4.69. The predicted molar refractivity (Wildman–Crippen MR) is 64.1 cm³/mol. The van der Waals surface area contributed by atoms with Crippen molar-refractivity contribution in [2.45, 2.75) is 6.18 Å². The van der Waals surface area contributed by atoms with E-state index in [0.717, 1.165) is 13.2 Å². The number of aromatic nitrogens is 1. The van der Waals surface area contributed by atoms with Gasteiger partial charge >= 0.3 is 6.18 Å². The molecule has 2 rings (SSSR count). The predicted octanol–water partition coefficient (Wildman–Crippen LogP) is 3.07. The molecule has 100 valence electrons. The van der Waals surface area contributed by atoms with Crippen molar-refractivity contribution in [1.29, 1.82) is 0 Å². The smallest absolute Gasteiger partial charge is 0.435 e. The maximum atomic E-state index is 12.9. The van der Waals surface area contributed by atoms with Crippen molar-refractivity contribution in [1.82, 2.24) is 4.98 Å². The number of halogens is 3. The molecule has 0 atom stereocenters. The van der Waals surface area contributed by atoms with Crippen molar-refractivity contribution in [3.63, 3.8) is 0 Å². The van der Waals surface area contributed by atoms with Gasteiger partial charge in [0.2, 0.25) is 5.43 Å². The van der Waals surface area contributed by atoms with E-state index in [4.69, 9.17) is 0 Å². The number of benzene rings is 1. The van der Waals surface area contributed by atoms with E-state index >= 15 is 0 Å². The Hall–Kier alpha value is -2.24. The van der Waals surface area contributed by atoms with E-state index in [9.17, 15) is 18.0 Å². The van der Waals surface area contributed by atoms with E-state index in [-0.39, 0.29) is 5.69 Å². The molecule has 0 saturated carbocycles. The lowest BCUT2D eigenvalue weighted by molar-refractivity contribution is -0.142. The van der Waals surface area contributed by atoms with Crippen LogP contribution in [0.25, 0.3) is 11.3 Å². The van der Waals surface area contributed by atoms with Crippen molar-refractivity contribution < 1.29 is 17.9 Å². The van der Waals surface area contributed by atoms with Gasteiger partial charge in [0.05, 0.1) is 7.11 Å². The lowest BCUT2D eigenvalue weighted by atomic mass is 10.1. The van der Waals surface area contributed by atoms with Gasteiger partial charge in [-0.3, -0.25) is 4.79 Å². The number of hydrogen-bond donors (Lipinski definition) is 1. The molecule has 0 aliphatic carbocycles. The molecule has 0 fully saturated rings. The Morgan fingerprint density at radius 1 is 1.16 bits per heavy atom. The number of pyridine rings is 1. The standard InChI is InChI=1S/C13H10F3NO2/c1-19-11-10(18)7-9(8-5-3-2-4-6-8)17-12(11)13(14,15)16/h2-7H,1H3,(H,17,18). The molecule has 3 nitrogen and oxygen atoms in total. The highest BCUT2D eigenvalue weighted by Crippen LogP contribution is 2.34. The Morgan fingerprint density at radius 3 is 2.32 bits per heavy atom. The van der Waals surface area contributed by atoms with E-state index in [1.807, 2.05) is 0 Å². The molecule has 0 spiro atoms. The van der Waals surface area contributed by atoms with Crippen molar-refractivity contribution in [3.8, 4) is 17.0 Å². The Bertz CT molecular complexity index is 633. The molecular weight excluding hydrogens is 259 g/mol. The topological polar surface area (TPSA) is 42.1 Å². The summed E-state index contributed by atoms with van der Waals surface area (Å²) in [6, 6.07) is 9.38. The van der Waals surface area contributed by atoms with Crippen LogP contribution in [0.3, 0.4) is 0 Å². The van der Waals surface area contributed by atoms with E-state index in [1.54, 1.807) is 30.3 Å². The Morgan fingerprint density at radius 2 is 1.79 bits per heavy atom. The first-order chi connectivity index (χ1) is 8.93. The normalized spacial score (nSPS) is 11.4. The summed E-state index contributed by atoms with van der Waals surface area (Å²) in [5, 5.41) is 0. The van der Waals surface area contributed by atoms with Gasteiger partial charge in [-0.05, 0) is 5.56 Å². The lowest BCUT2D eigenvalue weighted by Gasteiger charge is -2.13. The van der Waals surface area contributed by atoms with Crippen LogP contribution in [-0.2, 0) is 6.18 Å². The fourth-order valence-electron chi connectivity index (χ4n) is 1.72. The van der Waals surface area contributed by atoms with Crippen molar-refractivity contribution >= 4 is 0 Å². The number of ether oxygens (including phenoxy) is 1. The van der Waals surface area contributed by atoms with Gasteiger partial charge in [0.1, 0.15) is 0 Å². The molecule has 2 aromatic rings. The molecule has 0 radical (unpaired) electrons. The first kappa shape index (κ1) is 13.2. The van der Waals surface area contributed by atoms with Crippen LogP contribution in [0.4, 0.5) is 13.2 Å². The second-order valence-corrected chi connectivity index (χ2v) is 3.82. The lowest BCUT2D eigenvalue weighted by Crippen LogP contribution is -2.17. The number of nitrogens with one attached hydrogen (secondary N) is 1. The van der Waals surface area contributed by atoms with Gasteiger partial charge in [-0.15, -0.1) is 0 Å². The molecule has 1 aromatic carbocycles. The molecule has 1 heterocycles. The summed E-state index contributed by atoms with van der Waals surface area (Å²) >= 11 is 0. The van der Waals surface area contributed by atoms with Crippen molar-refractivity contribution in [2.75, 3.05) is 7.11 Å². The van der Waals surface area contributed by atoms with Gasteiger partial charge in [-0.1, -0.05) is 30.3 Å². The third kappa shape index (κ3) is 2.62. The Labute approximate surface area is 106 Å². The van der Waals surface area contributed by atoms with Crippen LogP contribution in [0, 0.1) is 0 Å². The molecule has 0 saturated heterocycles. The highest BCUT2D eigenvalue weighted by molar-refractivity contribution is 5.60. The van der Waals surface area contributed by atoms with Crippen LogP contribution in [-0.4, -0.2) is 12.1 Å². The fourth-order valence-corrected chi connectivity index (χ4v) is 1.72. The fraction of sp³-hybridized carbons (Fsp3) is 0.154. The largest absolute Gasteiger partial charge is 0.491 e.